The minimum atomic E-state index is -0.134. The predicted molar refractivity (Wildman–Crippen MR) is 105 cm³/mol. The summed E-state index contributed by atoms with van der Waals surface area (Å²) in [7, 11) is 0. The molecule has 2 rings (SSSR count). The first-order valence-electron chi connectivity index (χ1n) is 8.93. The zero-order valence-corrected chi connectivity index (χ0v) is 15.6. The molecular weight excluding hydrogens is 328 g/mol. The number of benzene rings is 2. The van der Waals surface area contributed by atoms with Crippen molar-refractivity contribution in [2.45, 2.75) is 33.6 Å². The Labute approximate surface area is 155 Å². The highest BCUT2D eigenvalue weighted by molar-refractivity contribution is 5.94. The fourth-order valence-corrected chi connectivity index (χ4v) is 2.62. The van der Waals surface area contributed by atoms with Crippen LogP contribution in [0.4, 0.5) is 11.4 Å². The third-order valence-corrected chi connectivity index (χ3v) is 4.05. The van der Waals surface area contributed by atoms with Gasteiger partial charge in [-0.05, 0) is 55.3 Å². The second-order valence-electron chi connectivity index (χ2n) is 5.95. The Morgan fingerprint density at radius 3 is 2.19 bits per heavy atom. The molecule has 0 aromatic heterocycles. The topological polar surface area (TPSA) is 58.6 Å². The van der Waals surface area contributed by atoms with Crippen molar-refractivity contribution in [3.8, 4) is 5.75 Å². The van der Waals surface area contributed by atoms with Crippen LogP contribution in [0.3, 0.4) is 0 Å². The van der Waals surface area contributed by atoms with Crippen LogP contribution in [0.25, 0.3) is 0 Å². The number of carbonyl (C=O) groups is 2. The molecule has 5 nitrogen and oxygen atoms in total. The molecule has 0 unspecified atom stereocenters. The second-order valence-corrected chi connectivity index (χ2v) is 5.95. The van der Waals surface area contributed by atoms with E-state index in [2.05, 4.69) is 12.2 Å². The lowest BCUT2D eigenvalue weighted by atomic mass is 10.1. The van der Waals surface area contributed by atoms with Gasteiger partial charge in [-0.25, -0.2) is 0 Å². The standard InChI is InChI=1S/C21H26N2O3/c1-4-17-6-10-19(11-7-17)23(16(3)24)15-14-21(25)22-18-8-12-20(13-9-18)26-5-2/h6-13H,4-5,14-15H2,1-3H3,(H,22,25). The molecule has 0 radical (unpaired) electrons. The van der Waals surface area contributed by atoms with Gasteiger partial charge >= 0.3 is 0 Å². The number of nitrogens with zero attached hydrogens (tertiary/aromatic N) is 1. The van der Waals surface area contributed by atoms with Crippen LogP contribution >= 0.6 is 0 Å². The number of aryl methyl sites for hydroxylation is 1. The number of nitrogens with one attached hydrogen (secondary N) is 1. The molecule has 0 spiro atoms. The van der Waals surface area contributed by atoms with E-state index in [1.807, 2.05) is 43.3 Å². The maximum absolute atomic E-state index is 12.2. The van der Waals surface area contributed by atoms with Gasteiger partial charge in [0.25, 0.3) is 0 Å². The van der Waals surface area contributed by atoms with Crippen molar-refractivity contribution >= 4 is 23.2 Å². The van der Waals surface area contributed by atoms with E-state index in [0.29, 0.717) is 18.8 Å². The molecule has 138 valence electrons. The van der Waals surface area contributed by atoms with Gasteiger partial charge in [-0.3, -0.25) is 9.59 Å². The van der Waals surface area contributed by atoms with Crippen molar-refractivity contribution in [1.82, 2.24) is 0 Å². The fraction of sp³-hybridized carbons (Fsp3) is 0.333. The van der Waals surface area contributed by atoms with Crippen LogP contribution in [0.1, 0.15) is 32.8 Å². The fourth-order valence-electron chi connectivity index (χ4n) is 2.62. The molecule has 0 saturated carbocycles. The number of amides is 2. The van der Waals surface area contributed by atoms with Crippen molar-refractivity contribution in [3.05, 3.63) is 54.1 Å². The van der Waals surface area contributed by atoms with Crippen molar-refractivity contribution in [3.63, 3.8) is 0 Å². The van der Waals surface area contributed by atoms with Crippen molar-refractivity contribution < 1.29 is 14.3 Å². The van der Waals surface area contributed by atoms with E-state index in [4.69, 9.17) is 4.74 Å². The van der Waals surface area contributed by atoms with Gasteiger partial charge in [0.15, 0.2) is 0 Å². The number of hydrogen-bond donors (Lipinski definition) is 1. The van der Waals surface area contributed by atoms with Gasteiger partial charge in [-0.2, -0.15) is 0 Å². The summed E-state index contributed by atoms with van der Waals surface area (Å²) in [6, 6.07) is 15.1. The van der Waals surface area contributed by atoms with Crippen molar-refractivity contribution in [2.24, 2.45) is 0 Å². The van der Waals surface area contributed by atoms with Crippen LogP contribution in [-0.4, -0.2) is 25.0 Å². The van der Waals surface area contributed by atoms with Gasteiger partial charge in [-0.1, -0.05) is 19.1 Å². The third kappa shape index (κ3) is 5.62. The zero-order valence-electron chi connectivity index (χ0n) is 15.6. The predicted octanol–water partition coefficient (Wildman–Crippen LogP) is 4.03. The monoisotopic (exact) mass is 354 g/mol. The highest BCUT2D eigenvalue weighted by Crippen LogP contribution is 2.18. The summed E-state index contributed by atoms with van der Waals surface area (Å²) in [5, 5.41) is 2.84. The van der Waals surface area contributed by atoms with E-state index in [-0.39, 0.29) is 18.2 Å². The Kier molecular flexibility index (Phi) is 7.21. The van der Waals surface area contributed by atoms with Crippen molar-refractivity contribution in [1.29, 1.82) is 0 Å². The first-order chi connectivity index (χ1) is 12.5. The Bertz CT molecular complexity index is 724. The Morgan fingerprint density at radius 1 is 1.00 bits per heavy atom. The van der Waals surface area contributed by atoms with Crippen LogP contribution in [0.15, 0.2) is 48.5 Å². The molecule has 0 fully saturated rings. The van der Waals surface area contributed by atoms with E-state index in [9.17, 15) is 9.59 Å². The molecule has 0 aliphatic rings. The molecule has 0 aliphatic carbocycles. The number of rotatable bonds is 8. The van der Waals surface area contributed by atoms with Crippen LogP contribution in [-0.2, 0) is 16.0 Å². The van der Waals surface area contributed by atoms with E-state index in [1.165, 1.54) is 12.5 Å². The molecule has 0 saturated heterocycles. The Morgan fingerprint density at radius 2 is 1.65 bits per heavy atom. The average Bonchev–Trinajstić information content (AvgIpc) is 2.64. The molecule has 5 heteroatoms. The van der Waals surface area contributed by atoms with Crippen molar-refractivity contribution in [2.75, 3.05) is 23.4 Å². The van der Waals surface area contributed by atoms with Crippen LogP contribution in [0.5, 0.6) is 5.75 Å². The molecule has 0 bridgehead atoms. The molecular formula is C21H26N2O3. The minimum Gasteiger partial charge on any atom is -0.494 e. The average molecular weight is 354 g/mol. The van der Waals surface area contributed by atoms with Gasteiger partial charge in [0, 0.05) is 31.3 Å². The number of anilines is 2. The van der Waals surface area contributed by atoms with E-state index in [1.54, 1.807) is 17.0 Å². The molecule has 1 N–H and O–H groups in total. The SMILES string of the molecule is CCOc1ccc(NC(=O)CCN(C(C)=O)c2ccc(CC)cc2)cc1. The number of ether oxygens (including phenoxy) is 1. The van der Waals surface area contributed by atoms with Gasteiger partial charge in [0.1, 0.15) is 5.75 Å². The maximum Gasteiger partial charge on any atom is 0.226 e. The lowest BCUT2D eigenvalue weighted by molar-refractivity contribution is -0.117. The summed E-state index contributed by atoms with van der Waals surface area (Å²) >= 11 is 0. The normalized spacial score (nSPS) is 10.3. The smallest absolute Gasteiger partial charge is 0.226 e. The zero-order chi connectivity index (χ0) is 18.9. The minimum absolute atomic E-state index is 0.0804. The lowest BCUT2D eigenvalue weighted by Gasteiger charge is -2.21. The van der Waals surface area contributed by atoms with E-state index >= 15 is 0 Å². The first kappa shape index (κ1) is 19.5. The molecule has 26 heavy (non-hydrogen) atoms. The van der Waals surface area contributed by atoms with E-state index < -0.39 is 0 Å². The summed E-state index contributed by atoms with van der Waals surface area (Å²) in [4.78, 5) is 25.8. The highest BCUT2D eigenvalue weighted by Gasteiger charge is 2.13. The Balaban J connectivity index is 1.93. The third-order valence-electron chi connectivity index (χ3n) is 4.05. The molecule has 2 amide bonds. The lowest BCUT2D eigenvalue weighted by Crippen LogP contribution is -2.31. The molecule has 0 heterocycles. The van der Waals surface area contributed by atoms with Gasteiger partial charge in [-0.15, -0.1) is 0 Å². The Hall–Kier alpha value is -2.82. The quantitative estimate of drug-likeness (QED) is 0.779. The van der Waals surface area contributed by atoms with Crippen LogP contribution < -0.4 is 15.0 Å². The number of hydrogen-bond acceptors (Lipinski definition) is 3. The van der Waals surface area contributed by atoms with Gasteiger partial charge < -0.3 is 15.0 Å². The maximum atomic E-state index is 12.2. The summed E-state index contributed by atoms with van der Waals surface area (Å²) in [5.41, 5.74) is 2.73. The summed E-state index contributed by atoms with van der Waals surface area (Å²) in [6.45, 7) is 6.46. The molecule has 0 aliphatic heterocycles. The van der Waals surface area contributed by atoms with Gasteiger partial charge in [0.2, 0.25) is 11.8 Å². The molecule has 2 aromatic carbocycles. The molecule has 2 aromatic rings. The highest BCUT2D eigenvalue weighted by atomic mass is 16.5. The van der Waals surface area contributed by atoms with Crippen LogP contribution in [0, 0.1) is 0 Å². The number of carbonyl (C=O) groups excluding carboxylic acids is 2. The van der Waals surface area contributed by atoms with E-state index in [0.717, 1.165) is 17.9 Å². The summed E-state index contributed by atoms with van der Waals surface area (Å²) < 4.78 is 5.38. The molecule has 0 atom stereocenters. The van der Waals surface area contributed by atoms with Gasteiger partial charge in [0.05, 0.1) is 6.61 Å². The second kappa shape index (κ2) is 9.61. The summed E-state index contributed by atoms with van der Waals surface area (Å²) in [6.07, 6.45) is 1.17. The first-order valence-corrected chi connectivity index (χ1v) is 8.93. The summed E-state index contributed by atoms with van der Waals surface area (Å²) in [5.74, 6) is 0.553. The van der Waals surface area contributed by atoms with Crippen LogP contribution in [0.2, 0.25) is 0 Å². The largest absolute Gasteiger partial charge is 0.494 e.